The van der Waals surface area contributed by atoms with Crippen LogP contribution < -0.4 is 0 Å². The van der Waals surface area contributed by atoms with Crippen LogP contribution >= 0.6 is 0 Å². The molecule has 4 nitrogen and oxygen atoms in total. The lowest BCUT2D eigenvalue weighted by molar-refractivity contribution is 0.163. The van der Waals surface area contributed by atoms with E-state index < -0.39 is 0 Å². The van der Waals surface area contributed by atoms with Gasteiger partial charge in [-0.1, -0.05) is 0 Å². The number of nitrogens with zero attached hydrogens (tertiary/aromatic N) is 2. The number of aromatic amines is 1. The lowest BCUT2D eigenvalue weighted by atomic mass is 10.1. The highest BCUT2D eigenvalue weighted by molar-refractivity contribution is 5.62. The van der Waals surface area contributed by atoms with Gasteiger partial charge in [0.15, 0.2) is 0 Å². The van der Waals surface area contributed by atoms with Crippen molar-refractivity contribution in [2.24, 2.45) is 0 Å². The third kappa shape index (κ3) is 3.88. The van der Waals surface area contributed by atoms with Gasteiger partial charge in [-0.15, -0.1) is 0 Å². The summed E-state index contributed by atoms with van der Waals surface area (Å²) in [6, 6.07) is 6.36. The van der Waals surface area contributed by atoms with Crippen LogP contribution in [0.5, 0.6) is 0 Å². The molecule has 0 spiro atoms. The second kappa shape index (κ2) is 6.63. The Morgan fingerprint density at radius 2 is 2.05 bits per heavy atom. The highest BCUT2D eigenvalue weighted by Gasteiger charge is 2.10. The van der Waals surface area contributed by atoms with Gasteiger partial charge in [0, 0.05) is 24.2 Å². The van der Waals surface area contributed by atoms with Gasteiger partial charge in [0.2, 0.25) is 0 Å². The maximum atomic E-state index is 13.0. The van der Waals surface area contributed by atoms with E-state index in [-0.39, 0.29) is 11.9 Å². The molecule has 1 aromatic heterocycles. The first-order valence-corrected chi connectivity index (χ1v) is 6.71. The first-order valence-electron chi connectivity index (χ1n) is 6.71. The molecule has 1 atom stereocenters. The van der Waals surface area contributed by atoms with E-state index in [1.807, 2.05) is 7.05 Å². The molecule has 0 saturated carbocycles. The molecule has 0 saturated heterocycles. The summed E-state index contributed by atoms with van der Waals surface area (Å²) in [5.41, 5.74) is 2.89. The van der Waals surface area contributed by atoms with Crippen molar-refractivity contribution in [1.82, 2.24) is 15.1 Å². The fraction of sp³-hybridized carbons (Fsp3) is 0.400. The fourth-order valence-electron chi connectivity index (χ4n) is 2.07. The predicted molar refractivity (Wildman–Crippen MR) is 76.6 cm³/mol. The molecule has 0 bridgehead atoms. The topological polar surface area (TPSA) is 52.1 Å². The third-order valence-electron chi connectivity index (χ3n) is 3.22. The molecular weight excluding hydrogens is 257 g/mol. The highest BCUT2D eigenvalue weighted by atomic mass is 19.1. The quantitative estimate of drug-likeness (QED) is 0.852. The van der Waals surface area contributed by atoms with E-state index in [0.717, 1.165) is 36.3 Å². The molecule has 108 valence electrons. The van der Waals surface area contributed by atoms with Gasteiger partial charge in [-0.05, 0) is 44.7 Å². The van der Waals surface area contributed by atoms with E-state index in [4.69, 9.17) is 0 Å². The summed E-state index contributed by atoms with van der Waals surface area (Å²) in [5.74, 6) is -0.246. The Labute approximate surface area is 118 Å². The number of nitrogens with one attached hydrogen (secondary N) is 1. The number of aliphatic hydroxyl groups excluding tert-OH is 1. The number of benzene rings is 1. The van der Waals surface area contributed by atoms with Gasteiger partial charge >= 0.3 is 0 Å². The lowest BCUT2D eigenvalue weighted by Gasteiger charge is -2.17. The van der Waals surface area contributed by atoms with Crippen LogP contribution in [-0.4, -0.2) is 39.9 Å². The highest BCUT2D eigenvalue weighted by Crippen LogP contribution is 2.22. The van der Waals surface area contributed by atoms with E-state index in [9.17, 15) is 9.50 Å². The minimum Gasteiger partial charge on any atom is -0.393 e. The van der Waals surface area contributed by atoms with Crippen LogP contribution in [0, 0.1) is 5.82 Å². The molecule has 0 radical (unpaired) electrons. The molecule has 2 N–H and O–H groups in total. The number of hydrogen-bond acceptors (Lipinski definition) is 3. The Hall–Kier alpha value is -1.72. The molecule has 0 amide bonds. The summed E-state index contributed by atoms with van der Waals surface area (Å²) in [4.78, 5) is 2.13. The summed E-state index contributed by atoms with van der Waals surface area (Å²) in [6.45, 7) is 3.33. The standard InChI is InChI=1S/C15H20FN3O/c1-11(20)7-8-19(2)10-13-9-17-18-15(13)12-3-5-14(16)6-4-12/h3-6,9,11,20H,7-8,10H2,1-2H3,(H,17,18). The van der Waals surface area contributed by atoms with Crippen molar-refractivity contribution >= 4 is 0 Å². The van der Waals surface area contributed by atoms with Crippen molar-refractivity contribution < 1.29 is 9.50 Å². The van der Waals surface area contributed by atoms with E-state index >= 15 is 0 Å². The number of aromatic nitrogens is 2. The smallest absolute Gasteiger partial charge is 0.123 e. The first kappa shape index (κ1) is 14.7. The normalized spacial score (nSPS) is 12.8. The largest absolute Gasteiger partial charge is 0.393 e. The van der Waals surface area contributed by atoms with Crippen LogP contribution in [0.25, 0.3) is 11.3 Å². The van der Waals surface area contributed by atoms with Crippen LogP contribution in [-0.2, 0) is 6.54 Å². The van der Waals surface area contributed by atoms with E-state index in [1.54, 1.807) is 25.3 Å². The Kier molecular flexibility index (Phi) is 4.87. The van der Waals surface area contributed by atoms with Crippen LogP contribution in [0.2, 0.25) is 0 Å². The molecule has 0 fully saturated rings. The maximum Gasteiger partial charge on any atom is 0.123 e. The molecule has 0 aliphatic rings. The molecule has 5 heteroatoms. The van der Waals surface area contributed by atoms with Crippen LogP contribution in [0.15, 0.2) is 30.5 Å². The molecule has 1 unspecified atom stereocenters. The summed E-state index contributed by atoms with van der Waals surface area (Å²) in [6.07, 6.45) is 2.23. The lowest BCUT2D eigenvalue weighted by Crippen LogP contribution is -2.22. The van der Waals surface area contributed by atoms with Gasteiger partial charge in [-0.2, -0.15) is 5.10 Å². The summed E-state index contributed by atoms with van der Waals surface area (Å²) < 4.78 is 13.0. The second-order valence-corrected chi connectivity index (χ2v) is 5.15. The molecule has 2 rings (SSSR count). The zero-order valence-electron chi connectivity index (χ0n) is 11.8. The molecule has 0 aliphatic heterocycles. The summed E-state index contributed by atoms with van der Waals surface area (Å²) in [7, 11) is 2.00. The average molecular weight is 277 g/mol. The van der Waals surface area contributed by atoms with E-state index in [1.165, 1.54) is 12.1 Å². The number of H-pyrrole nitrogens is 1. The zero-order valence-corrected chi connectivity index (χ0v) is 11.8. The maximum absolute atomic E-state index is 13.0. The van der Waals surface area contributed by atoms with Gasteiger partial charge in [-0.25, -0.2) is 4.39 Å². The molecule has 0 aliphatic carbocycles. The first-order chi connectivity index (χ1) is 9.56. The molecule has 20 heavy (non-hydrogen) atoms. The van der Waals surface area contributed by atoms with Crippen molar-refractivity contribution in [2.45, 2.75) is 26.0 Å². The summed E-state index contributed by atoms with van der Waals surface area (Å²) >= 11 is 0. The Bertz CT molecular complexity index is 536. The van der Waals surface area contributed by atoms with Gasteiger partial charge in [0.05, 0.1) is 18.0 Å². The van der Waals surface area contributed by atoms with Gasteiger partial charge in [-0.3, -0.25) is 5.10 Å². The third-order valence-corrected chi connectivity index (χ3v) is 3.22. The van der Waals surface area contributed by atoms with E-state index in [2.05, 4.69) is 15.1 Å². The number of rotatable bonds is 6. The molecule has 2 aromatic rings. The minimum absolute atomic E-state index is 0.246. The van der Waals surface area contributed by atoms with Crippen LogP contribution in [0.4, 0.5) is 4.39 Å². The Morgan fingerprint density at radius 1 is 1.35 bits per heavy atom. The number of hydrogen-bond donors (Lipinski definition) is 2. The van der Waals surface area contributed by atoms with E-state index in [0.29, 0.717) is 0 Å². The fourth-order valence-corrected chi connectivity index (χ4v) is 2.07. The van der Waals surface area contributed by atoms with Crippen molar-refractivity contribution in [3.8, 4) is 11.3 Å². The molecule has 1 aromatic carbocycles. The molecule has 1 heterocycles. The van der Waals surface area contributed by atoms with Crippen molar-refractivity contribution in [1.29, 1.82) is 0 Å². The van der Waals surface area contributed by atoms with Gasteiger partial charge in [0.1, 0.15) is 5.82 Å². The van der Waals surface area contributed by atoms with Crippen LogP contribution in [0.3, 0.4) is 0 Å². The van der Waals surface area contributed by atoms with Gasteiger partial charge < -0.3 is 10.0 Å². The monoisotopic (exact) mass is 277 g/mol. The Balaban J connectivity index is 2.07. The van der Waals surface area contributed by atoms with Crippen molar-refractivity contribution in [2.75, 3.05) is 13.6 Å². The number of aliphatic hydroxyl groups is 1. The van der Waals surface area contributed by atoms with Gasteiger partial charge in [0.25, 0.3) is 0 Å². The average Bonchev–Trinajstić information content (AvgIpc) is 2.85. The summed E-state index contributed by atoms with van der Waals surface area (Å²) in [5, 5.41) is 16.3. The zero-order chi connectivity index (χ0) is 14.5. The second-order valence-electron chi connectivity index (χ2n) is 5.15. The Morgan fingerprint density at radius 3 is 2.70 bits per heavy atom. The van der Waals surface area contributed by atoms with Crippen LogP contribution in [0.1, 0.15) is 18.9 Å². The minimum atomic E-state index is -0.293. The predicted octanol–water partition coefficient (Wildman–Crippen LogP) is 2.42. The van der Waals surface area contributed by atoms with Crippen molar-refractivity contribution in [3.05, 3.63) is 41.8 Å². The SMILES string of the molecule is CC(O)CCN(C)Cc1cn[nH]c1-c1ccc(F)cc1. The number of halogens is 1. The van der Waals surface area contributed by atoms with Crippen molar-refractivity contribution in [3.63, 3.8) is 0 Å². The molecular formula is C15H20FN3O.